The Balaban J connectivity index is 1.64. The second-order valence-corrected chi connectivity index (χ2v) is 6.58. The largest absolute Gasteiger partial charge is 0.361 e. The summed E-state index contributed by atoms with van der Waals surface area (Å²) in [5.74, 6) is 0.584. The Morgan fingerprint density at radius 1 is 1.29 bits per heavy atom. The Hall–Kier alpha value is -1.86. The van der Waals surface area contributed by atoms with Gasteiger partial charge in [-0.15, -0.1) is 0 Å². The third-order valence-electron chi connectivity index (χ3n) is 4.37. The molecule has 3 rings (SSSR count). The molecule has 0 unspecified atom stereocenters. The molecule has 3 heterocycles. The van der Waals surface area contributed by atoms with E-state index < -0.39 is 0 Å². The molecule has 0 radical (unpaired) electrons. The molecule has 2 aromatic rings. The fourth-order valence-electron chi connectivity index (χ4n) is 3.04. The Kier molecular flexibility index (Phi) is 4.91. The molecule has 1 aliphatic heterocycles. The van der Waals surface area contributed by atoms with Crippen molar-refractivity contribution in [2.75, 3.05) is 26.2 Å². The van der Waals surface area contributed by atoms with Gasteiger partial charge in [0.05, 0.1) is 5.69 Å². The van der Waals surface area contributed by atoms with E-state index in [9.17, 15) is 4.79 Å². The van der Waals surface area contributed by atoms with Crippen LogP contribution in [0.1, 0.15) is 33.9 Å². The lowest BCUT2D eigenvalue weighted by Crippen LogP contribution is -2.35. The van der Waals surface area contributed by atoms with Crippen LogP contribution >= 0.6 is 11.6 Å². The van der Waals surface area contributed by atoms with Crippen molar-refractivity contribution in [3.8, 4) is 0 Å². The summed E-state index contributed by atoms with van der Waals surface area (Å²) in [7, 11) is 1.85. The first-order valence-corrected chi connectivity index (χ1v) is 8.46. The minimum Gasteiger partial charge on any atom is -0.361 e. The van der Waals surface area contributed by atoms with Gasteiger partial charge in [0, 0.05) is 51.4 Å². The molecular formula is C16H22ClN5O2. The Bertz CT molecular complexity index is 739. The molecule has 1 fully saturated rings. The van der Waals surface area contributed by atoms with Gasteiger partial charge in [-0.05, 0) is 20.3 Å². The van der Waals surface area contributed by atoms with E-state index in [4.69, 9.17) is 16.1 Å². The summed E-state index contributed by atoms with van der Waals surface area (Å²) >= 11 is 6.33. The van der Waals surface area contributed by atoms with Crippen molar-refractivity contribution in [2.24, 2.45) is 7.05 Å². The Labute approximate surface area is 146 Å². The van der Waals surface area contributed by atoms with Crippen molar-refractivity contribution < 1.29 is 9.32 Å². The summed E-state index contributed by atoms with van der Waals surface area (Å²) in [6, 6.07) is 1.68. The second kappa shape index (κ2) is 6.94. The van der Waals surface area contributed by atoms with Crippen LogP contribution in [0.5, 0.6) is 0 Å². The van der Waals surface area contributed by atoms with Crippen LogP contribution in [-0.4, -0.2) is 56.8 Å². The standard InChI is InChI=1S/C16H22ClN5O2/c1-11-9-14(19-24-11)16(23)22-6-4-5-21(7-8-22)10-13-12(2)18-20(3)15(13)17/h9H,4-8,10H2,1-3H3. The van der Waals surface area contributed by atoms with Gasteiger partial charge in [0.15, 0.2) is 5.69 Å². The zero-order valence-corrected chi connectivity index (χ0v) is 15.0. The van der Waals surface area contributed by atoms with Crippen molar-refractivity contribution in [1.29, 1.82) is 0 Å². The normalized spacial score (nSPS) is 16.4. The van der Waals surface area contributed by atoms with E-state index in [1.165, 1.54) is 0 Å². The highest BCUT2D eigenvalue weighted by Crippen LogP contribution is 2.21. The van der Waals surface area contributed by atoms with E-state index in [1.807, 2.05) is 18.9 Å². The predicted octanol–water partition coefficient (Wildman–Crippen LogP) is 2.03. The van der Waals surface area contributed by atoms with Gasteiger partial charge in [0.25, 0.3) is 5.91 Å². The predicted molar refractivity (Wildman–Crippen MR) is 90.0 cm³/mol. The first-order chi connectivity index (χ1) is 11.5. The topological polar surface area (TPSA) is 67.4 Å². The summed E-state index contributed by atoms with van der Waals surface area (Å²) in [5, 5.41) is 8.87. The summed E-state index contributed by atoms with van der Waals surface area (Å²) in [5.41, 5.74) is 2.40. The molecule has 0 aromatic carbocycles. The Morgan fingerprint density at radius 2 is 2.08 bits per heavy atom. The highest BCUT2D eigenvalue weighted by Gasteiger charge is 2.23. The molecule has 0 N–H and O–H groups in total. The van der Waals surface area contributed by atoms with Gasteiger partial charge in [-0.3, -0.25) is 14.4 Å². The number of carbonyl (C=O) groups is 1. The van der Waals surface area contributed by atoms with Gasteiger partial charge in [-0.1, -0.05) is 16.8 Å². The first-order valence-electron chi connectivity index (χ1n) is 8.08. The van der Waals surface area contributed by atoms with Crippen LogP contribution in [0.3, 0.4) is 0 Å². The molecule has 130 valence electrons. The number of hydrogen-bond acceptors (Lipinski definition) is 5. The molecule has 1 amide bonds. The van der Waals surface area contributed by atoms with Crippen molar-refractivity contribution in [3.63, 3.8) is 0 Å². The molecule has 2 aromatic heterocycles. The lowest BCUT2D eigenvalue weighted by Gasteiger charge is -2.21. The van der Waals surface area contributed by atoms with E-state index in [1.54, 1.807) is 17.7 Å². The molecule has 8 heteroatoms. The smallest absolute Gasteiger partial charge is 0.276 e. The van der Waals surface area contributed by atoms with Gasteiger partial charge < -0.3 is 9.42 Å². The highest BCUT2D eigenvalue weighted by molar-refractivity contribution is 6.30. The van der Waals surface area contributed by atoms with Gasteiger partial charge in [0.2, 0.25) is 0 Å². The van der Waals surface area contributed by atoms with Crippen LogP contribution < -0.4 is 0 Å². The molecule has 1 aliphatic rings. The van der Waals surface area contributed by atoms with Crippen LogP contribution in [0, 0.1) is 13.8 Å². The minimum absolute atomic E-state index is 0.0655. The monoisotopic (exact) mass is 351 g/mol. The first kappa shape index (κ1) is 17.0. The zero-order chi connectivity index (χ0) is 17.3. The van der Waals surface area contributed by atoms with E-state index >= 15 is 0 Å². The average Bonchev–Trinajstić information content (AvgIpc) is 2.97. The molecule has 0 atom stereocenters. The number of hydrogen-bond donors (Lipinski definition) is 0. The lowest BCUT2D eigenvalue weighted by molar-refractivity contribution is 0.0750. The molecule has 24 heavy (non-hydrogen) atoms. The zero-order valence-electron chi connectivity index (χ0n) is 14.3. The van der Waals surface area contributed by atoms with Crippen LogP contribution in [0.25, 0.3) is 0 Å². The molecule has 0 bridgehead atoms. The van der Waals surface area contributed by atoms with Crippen molar-refractivity contribution in [3.05, 3.63) is 33.9 Å². The highest BCUT2D eigenvalue weighted by atomic mass is 35.5. The second-order valence-electron chi connectivity index (χ2n) is 6.22. The van der Waals surface area contributed by atoms with Gasteiger partial charge in [-0.25, -0.2) is 0 Å². The summed E-state index contributed by atoms with van der Waals surface area (Å²) in [6.07, 6.45) is 0.916. The lowest BCUT2D eigenvalue weighted by atomic mass is 10.2. The molecule has 0 spiro atoms. The summed E-state index contributed by atoms with van der Waals surface area (Å²) in [4.78, 5) is 16.7. The van der Waals surface area contributed by atoms with Crippen LogP contribution in [-0.2, 0) is 13.6 Å². The summed E-state index contributed by atoms with van der Waals surface area (Å²) in [6.45, 7) is 7.63. The number of nitrogens with zero attached hydrogens (tertiary/aromatic N) is 5. The average molecular weight is 352 g/mol. The van der Waals surface area contributed by atoms with Crippen LogP contribution in [0.4, 0.5) is 0 Å². The fraction of sp³-hybridized carbons (Fsp3) is 0.562. The number of aryl methyl sites for hydroxylation is 3. The molecule has 7 nitrogen and oxygen atoms in total. The third-order valence-corrected chi connectivity index (χ3v) is 4.85. The number of amides is 1. The molecule has 1 saturated heterocycles. The van der Waals surface area contributed by atoms with Crippen LogP contribution in [0.2, 0.25) is 5.15 Å². The maximum Gasteiger partial charge on any atom is 0.276 e. The maximum atomic E-state index is 12.5. The van der Waals surface area contributed by atoms with E-state index in [0.29, 0.717) is 23.2 Å². The quantitative estimate of drug-likeness (QED) is 0.846. The summed E-state index contributed by atoms with van der Waals surface area (Å²) < 4.78 is 6.71. The van der Waals surface area contributed by atoms with Crippen molar-refractivity contribution >= 4 is 17.5 Å². The SMILES string of the molecule is Cc1cc(C(=O)N2CCCN(Cc3c(C)nn(C)c3Cl)CC2)no1. The third kappa shape index (κ3) is 3.47. The number of aromatic nitrogens is 3. The maximum absolute atomic E-state index is 12.5. The number of carbonyl (C=O) groups excluding carboxylic acids is 1. The molecular weight excluding hydrogens is 330 g/mol. The van der Waals surface area contributed by atoms with E-state index in [2.05, 4.69) is 15.2 Å². The minimum atomic E-state index is -0.0655. The van der Waals surface area contributed by atoms with E-state index in [-0.39, 0.29) is 5.91 Å². The molecule has 0 saturated carbocycles. The molecule has 0 aliphatic carbocycles. The Morgan fingerprint density at radius 3 is 2.71 bits per heavy atom. The van der Waals surface area contributed by atoms with Crippen molar-refractivity contribution in [1.82, 2.24) is 24.7 Å². The van der Waals surface area contributed by atoms with E-state index in [0.717, 1.165) is 43.9 Å². The number of rotatable bonds is 3. The van der Waals surface area contributed by atoms with Gasteiger partial charge in [0.1, 0.15) is 10.9 Å². The number of halogens is 1. The van der Waals surface area contributed by atoms with Gasteiger partial charge in [-0.2, -0.15) is 5.10 Å². The fourth-order valence-corrected chi connectivity index (χ4v) is 3.27. The van der Waals surface area contributed by atoms with Gasteiger partial charge >= 0.3 is 0 Å². The van der Waals surface area contributed by atoms with Crippen LogP contribution in [0.15, 0.2) is 10.6 Å². The van der Waals surface area contributed by atoms with Crippen molar-refractivity contribution in [2.45, 2.75) is 26.8 Å².